The number of amides is 2. The maximum Gasteiger partial charge on any atom is 0.326 e. The number of morpholine rings is 1. The van der Waals surface area contributed by atoms with Crippen molar-refractivity contribution in [3.63, 3.8) is 0 Å². The van der Waals surface area contributed by atoms with Gasteiger partial charge in [0.1, 0.15) is 6.04 Å². The second-order valence-corrected chi connectivity index (χ2v) is 5.71. The van der Waals surface area contributed by atoms with Gasteiger partial charge >= 0.3 is 12.0 Å². The number of urea groups is 1. The molecule has 2 heterocycles. The number of β-amino-alcohol motifs (C(OH)–C–C–N with tert-alkyl or cyclic N) is 1. The number of ether oxygens (including phenoxy) is 1. The van der Waals surface area contributed by atoms with Crippen molar-refractivity contribution in [1.29, 1.82) is 0 Å². The largest absolute Gasteiger partial charge is 0.480 e. The van der Waals surface area contributed by atoms with Crippen LogP contribution in [-0.2, 0) is 9.53 Å². The molecule has 2 saturated heterocycles. The number of carboxylic acid groups (broad SMARTS) is 1. The fraction of sp³-hybridized carbons (Fsp3) is 0.833. The first-order chi connectivity index (χ1) is 8.80. The van der Waals surface area contributed by atoms with Crippen molar-refractivity contribution in [1.82, 2.24) is 9.80 Å². The zero-order valence-electron chi connectivity index (χ0n) is 11.2. The lowest BCUT2D eigenvalue weighted by Gasteiger charge is -2.40. The van der Waals surface area contributed by atoms with Crippen molar-refractivity contribution in [3.05, 3.63) is 0 Å². The Labute approximate surface area is 111 Å². The number of hydrogen-bond acceptors (Lipinski definition) is 4. The Bertz CT molecular complexity index is 384. The lowest BCUT2D eigenvalue weighted by molar-refractivity contribution is -0.141. The zero-order valence-corrected chi connectivity index (χ0v) is 11.2. The van der Waals surface area contributed by atoms with Crippen molar-refractivity contribution < 1.29 is 24.5 Å². The highest BCUT2D eigenvalue weighted by Crippen LogP contribution is 2.23. The molecule has 0 aromatic rings. The van der Waals surface area contributed by atoms with Gasteiger partial charge in [-0.2, -0.15) is 0 Å². The van der Waals surface area contributed by atoms with Crippen LogP contribution in [0.25, 0.3) is 0 Å². The minimum atomic E-state index is -1.07. The quantitative estimate of drug-likeness (QED) is 0.686. The molecule has 108 valence electrons. The molecular formula is C12H20N2O5. The monoisotopic (exact) mass is 272 g/mol. The predicted octanol–water partition coefficient (Wildman–Crippen LogP) is -0.263. The van der Waals surface area contributed by atoms with Gasteiger partial charge in [-0.25, -0.2) is 9.59 Å². The van der Waals surface area contributed by atoms with Crippen LogP contribution in [0.15, 0.2) is 0 Å². The first-order valence-electron chi connectivity index (χ1n) is 6.40. The van der Waals surface area contributed by atoms with Gasteiger partial charge in [0.2, 0.25) is 0 Å². The van der Waals surface area contributed by atoms with Gasteiger partial charge < -0.3 is 24.7 Å². The Hall–Kier alpha value is -1.34. The van der Waals surface area contributed by atoms with E-state index >= 15 is 0 Å². The van der Waals surface area contributed by atoms with Gasteiger partial charge in [-0.3, -0.25) is 0 Å². The predicted molar refractivity (Wildman–Crippen MR) is 65.8 cm³/mol. The molecule has 2 N–H and O–H groups in total. The fourth-order valence-electron chi connectivity index (χ4n) is 2.62. The van der Waals surface area contributed by atoms with Crippen molar-refractivity contribution >= 4 is 12.0 Å². The van der Waals surface area contributed by atoms with Gasteiger partial charge in [-0.05, 0) is 13.8 Å². The van der Waals surface area contributed by atoms with Crippen LogP contribution >= 0.6 is 0 Å². The lowest BCUT2D eigenvalue weighted by atomic mass is 10.1. The minimum absolute atomic E-state index is 0.0770. The summed E-state index contributed by atoms with van der Waals surface area (Å²) in [5.74, 6) is -1.07. The van der Waals surface area contributed by atoms with Crippen LogP contribution < -0.4 is 0 Å². The number of carboxylic acids is 1. The molecule has 7 nitrogen and oxygen atoms in total. The van der Waals surface area contributed by atoms with E-state index in [1.165, 1.54) is 4.90 Å². The molecule has 0 radical (unpaired) electrons. The molecule has 2 aliphatic rings. The van der Waals surface area contributed by atoms with E-state index in [-0.39, 0.29) is 19.0 Å². The van der Waals surface area contributed by atoms with Crippen molar-refractivity contribution in [2.24, 2.45) is 0 Å². The number of rotatable bonds is 1. The molecule has 0 aromatic carbocycles. The Morgan fingerprint density at radius 2 is 2.05 bits per heavy atom. The molecule has 2 amide bonds. The molecule has 2 rings (SSSR count). The van der Waals surface area contributed by atoms with Crippen LogP contribution in [0.2, 0.25) is 0 Å². The highest BCUT2D eigenvalue weighted by Gasteiger charge is 2.42. The molecule has 2 atom stereocenters. The summed E-state index contributed by atoms with van der Waals surface area (Å²) in [6.07, 6.45) is -0.673. The highest BCUT2D eigenvalue weighted by molar-refractivity contribution is 5.83. The number of nitrogens with zero attached hydrogens (tertiary/aromatic N) is 2. The summed E-state index contributed by atoms with van der Waals surface area (Å²) in [5.41, 5.74) is -0.426. The molecule has 2 fully saturated rings. The second-order valence-electron chi connectivity index (χ2n) is 5.71. The molecule has 0 unspecified atom stereocenters. The van der Waals surface area contributed by atoms with Crippen LogP contribution in [0.3, 0.4) is 0 Å². The van der Waals surface area contributed by atoms with E-state index in [4.69, 9.17) is 9.84 Å². The molecule has 19 heavy (non-hydrogen) atoms. The van der Waals surface area contributed by atoms with Crippen LogP contribution in [0.4, 0.5) is 4.79 Å². The summed E-state index contributed by atoms with van der Waals surface area (Å²) in [7, 11) is 0. The summed E-state index contributed by atoms with van der Waals surface area (Å²) in [4.78, 5) is 26.3. The molecule has 7 heteroatoms. The average Bonchev–Trinajstić information content (AvgIpc) is 2.69. The summed E-state index contributed by atoms with van der Waals surface area (Å²) in [6.45, 7) is 5.16. The average molecular weight is 272 g/mol. The lowest BCUT2D eigenvalue weighted by Crippen LogP contribution is -2.56. The van der Waals surface area contributed by atoms with Crippen LogP contribution in [0.5, 0.6) is 0 Å². The standard InChI is InChI=1S/C12H20N2O5/c1-12(2)7-13(3-4-19-12)11(18)14-6-8(15)5-9(14)10(16)17/h8-9,15H,3-7H2,1-2H3,(H,16,17)/t8-,9-/m1/s1. The number of carbonyl (C=O) groups is 2. The van der Waals surface area contributed by atoms with Crippen LogP contribution in [0.1, 0.15) is 20.3 Å². The fourth-order valence-corrected chi connectivity index (χ4v) is 2.62. The van der Waals surface area contributed by atoms with Crippen molar-refractivity contribution in [3.8, 4) is 0 Å². The molecule has 0 aromatic heterocycles. The maximum atomic E-state index is 12.4. The summed E-state index contributed by atoms with van der Waals surface area (Å²) in [5, 5.41) is 18.7. The number of likely N-dealkylation sites (tertiary alicyclic amines) is 1. The third-order valence-corrected chi connectivity index (χ3v) is 3.51. The molecule has 2 aliphatic heterocycles. The third-order valence-electron chi connectivity index (χ3n) is 3.51. The molecule has 0 aliphatic carbocycles. The number of hydrogen-bond donors (Lipinski definition) is 2. The van der Waals surface area contributed by atoms with E-state index in [1.807, 2.05) is 13.8 Å². The Balaban J connectivity index is 2.08. The van der Waals surface area contributed by atoms with E-state index in [0.29, 0.717) is 19.7 Å². The minimum Gasteiger partial charge on any atom is -0.480 e. The van der Waals surface area contributed by atoms with Crippen LogP contribution in [0, 0.1) is 0 Å². The second kappa shape index (κ2) is 4.97. The molecule has 0 spiro atoms. The van der Waals surface area contributed by atoms with Crippen molar-refractivity contribution in [2.75, 3.05) is 26.2 Å². The van der Waals surface area contributed by atoms with Gasteiger partial charge in [-0.15, -0.1) is 0 Å². The van der Waals surface area contributed by atoms with Gasteiger partial charge in [0.25, 0.3) is 0 Å². The number of aliphatic carboxylic acids is 1. The van der Waals surface area contributed by atoms with Gasteiger partial charge in [0.15, 0.2) is 0 Å². The smallest absolute Gasteiger partial charge is 0.326 e. The summed E-state index contributed by atoms with van der Waals surface area (Å²) >= 11 is 0. The molecule has 0 saturated carbocycles. The summed E-state index contributed by atoms with van der Waals surface area (Å²) in [6, 6.07) is -1.27. The van der Waals surface area contributed by atoms with E-state index < -0.39 is 23.7 Å². The van der Waals surface area contributed by atoms with Gasteiger partial charge in [0.05, 0.1) is 24.9 Å². The highest BCUT2D eigenvalue weighted by atomic mass is 16.5. The van der Waals surface area contributed by atoms with Crippen LogP contribution in [-0.4, -0.2) is 76.0 Å². The number of aliphatic hydroxyl groups excluding tert-OH is 1. The maximum absolute atomic E-state index is 12.4. The molecule has 0 bridgehead atoms. The Kier molecular flexibility index (Phi) is 3.69. The molecular weight excluding hydrogens is 252 g/mol. The van der Waals surface area contributed by atoms with E-state index in [9.17, 15) is 14.7 Å². The Morgan fingerprint density at radius 1 is 1.37 bits per heavy atom. The topological polar surface area (TPSA) is 90.3 Å². The zero-order chi connectivity index (χ0) is 14.2. The Morgan fingerprint density at radius 3 is 2.63 bits per heavy atom. The SMILES string of the molecule is CC1(C)CN(C(=O)N2C[C@H](O)C[C@@H]2C(=O)O)CCO1. The van der Waals surface area contributed by atoms with E-state index in [0.717, 1.165) is 0 Å². The van der Waals surface area contributed by atoms with Gasteiger partial charge in [0, 0.05) is 19.5 Å². The third kappa shape index (κ3) is 2.98. The normalized spacial score (nSPS) is 30.5. The number of aliphatic hydroxyl groups is 1. The van der Waals surface area contributed by atoms with E-state index in [2.05, 4.69) is 0 Å². The number of carbonyl (C=O) groups excluding carboxylic acids is 1. The van der Waals surface area contributed by atoms with E-state index in [1.54, 1.807) is 4.90 Å². The van der Waals surface area contributed by atoms with Crippen molar-refractivity contribution in [2.45, 2.75) is 38.0 Å². The first kappa shape index (κ1) is 14.1. The summed E-state index contributed by atoms with van der Waals surface area (Å²) < 4.78 is 5.53. The first-order valence-corrected chi connectivity index (χ1v) is 6.40. The van der Waals surface area contributed by atoms with Gasteiger partial charge in [-0.1, -0.05) is 0 Å².